The SMILES string of the molecule is CCN(CC)c1ccc(C(=O)Nc2cccc(C(C)=O)c2)nc1. The molecule has 0 aliphatic carbocycles. The molecular weight excluding hydrogens is 290 g/mol. The van der Waals surface area contributed by atoms with Crippen LogP contribution in [0.5, 0.6) is 0 Å². The molecule has 23 heavy (non-hydrogen) atoms. The summed E-state index contributed by atoms with van der Waals surface area (Å²) in [6.07, 6.45) is 1.70. The van der Waals surface area contributed by atoms with E-state index in [0.717, 1.165) is 18.8 Å². The fourth-order valence-corrected chi connectivity index (χ4v) is 2.31. The average Bonchev–Trinajstić information content (AvgIpc) is 2.56. The second-order valence-electron chi connectivity index (χ2n) is 5.17. The first kappa shape index (κ1) is 16.7. The maximum atomic E-state index is 12.2. The van der Waals surface area contributed by atoms with Gasteiger partial charge in [0, 0.05) is 24.3 Å². The molecule has 0 bridgehead atoms. The van der Waals surface area contributed by atoms with Gasteiger partial charge in [0.2, 0.25) is 0 Å². The van der Waals surface area contributed by atoms with Gasteiger partial charge in [-0.05, 0) is 45.0 Å². The lowest BCUT2D eigenvalue weighted by atomic mass is 10.1. The van der Waals surface area contributed by atoms with E-state index in [2.05, 4.69) is 29.0 Å². The standard InChI is InChI=1S/C18H21N3O2/c1-4-21(5-2)16-9-10-17(19-12-16)18(23)20-15-8-6-7-14(11-15)13(3)22/h6-12H,4-5H2,1-3H3,(H,20,23). The van der Waals surface area contributed by atoms with Crippen LogP contribution in [-0.2, 0) is 0 Å². The molecule has 1 aromatic heterocycles. The number of Topliss-reactive ketones (excluding diaryl/α,β-unsaturated/α-hetero) is 1. The molecule has 5 nitrogen and oxygen atoms in total. The Morgan fingerprint density at radius 1 is 1.13 bits per heavy atom. The Morgan fingerprint density at radius 3 is 2.43 bits per heavy atom. The Kier molecular flexibility index (Phi) is 5.46. The number of anilines is 2. The van der Waals surface area contributed by atoms with E-state index in [1.54, 1.807) is 36.5 Å². The van der Waals surface area contributed by atoms with E-state index in [4.69, 9.17) is 0 Å². The number of hydrogen-bond donors (Lipinski definition) is 1. The molecule has 0 radical (unpaired) electrons. The van der Waals surface area contributed by atoms with Crippen molar-refractivity contribution in [3.63, 3.8) is 0 Å². The fraction of sp³-hybridized carbons (Fsp3) is 0.278. The Bertz CT molecular complexity index is 692. The molecule has 1 heterocycles. The largest absolute Gasteiger partial charge is 0.371 e. The van der Waals surface area contributed by atoms with Gasteiger partial charge in [0.05, 0.1) is 11.9 Å². The summed E-state index contributed by atoms with van der Waals surface area (Å²) in [5.74, 6) is -0.334. The third kappa shape index (κ3) is 4.16. The molecule has 0 fully saturated rings. The first-order valence-corrected chi connectivity index (χ1v) is 7.68. The van der Waals surface area contributed by atoms with Crippen LogP contribution in [0.1, 0.15) is 41.6 Å². The molecule has 0 spiro atoms. The van der Waals surface area contributed by atoms with E-state index in [9.17, 15) is 9.59 Å². The molecule has 2 rings (SSSR count). The van der Waals surface area contributed by atoms with Crippen molar-refractivity contribution in [3.05, 3.63) is 53.9 Å². The third-order valence-corrected chi connectivity index (χ3v) is 3.64. The predicted octanol–water partition coefficient (Wildman–Crippen LogP) is 3.38. The smallest absolute Gasteiger partial charge is 0.274 e. The molecule has 0 atom stereocenters. The van der Waals surface area contributed by atoms with Crippen molar-refractivity contribution in [2.75, 3.05) is 23.3 Å². The van der Waals surface area contributed by atoms with E-state index >= 15 is 0 Å². The number of carbonyl (C=O) groups excluding carboxylic acids is 2. The van der Waals surface area contributed by atoms with E-state index in [-0.39, 0.29) is 11.7 Å². The molecular formula is C18H21N3O2. The third-order valence-electron chi connectivity index (χ3n) is 3.64. The van der Waals surface area contributed by atoms with Crippen molar-refractivity contribution in [1.29, 1.82) is 0 Å². The Labute approximate surface area is 136 Å². The summed E-state index contributed by atoms with van der Waals surface area (Å²) >= 11 is 0. The van der Waals surface area contributed by atoms with Gasteiger partial charge in [-0.25, -0.2) is 4.98 Å². The highest BCUT2D eigenvalue weighted by Crippen LogP contribution is 2.15. The average molecular weight is 311 g/mol. The maximum absolute atomic E-state index is 12.2. The monoisotopic (exact) mass is 311 g/mol. The lowest BCUT2D eigenvalue weighted by Gasteiger charge is -2.20. The molecule has 1 aromatic carbocycles. The minimum Gasteiger partial charge on any atom is -0.371 e. The normalized spacial score (nSPS) is 10.2. The molecule has 0 saturated carbocycles. The van der Waals surface area contributed by atoms with Gasteiger partial charge in [-0.3, -0.25) is 9.59 Å². The molecule has 0 unspecified atom stereocenters. The van der Waals surface area contributed by atoms with Crippen LogP contribution in [0.25, 0.3) is 0 Å². The number of amides is 1. The maximum Gasteiger partial charge on any atom is 0.274 e. The molecule has 120 valence electrons. The van der Waals surface area contributed by atoms with Crippen LogP contribution < -0.4 is 10.2 Å². The van der Waals surface area contributed by atoms with Crippen LogP contribution in [0.4, 0.5) is 11.4 Å². The van der Waals surface area contributed by atoms with Crippen LogP contribution in [0.3, 0.4) is 0 Å². The van der Waals surface area contributed by atoms with E-state index in [1.807, 2.05) is 6.07 Å². The van der Waals surface area contributed by atoms with Crippen molar-refractivity contribution < 1.29 is 9.59 Å². The first-order valence-electron chi connectivity index (χ1n) is 7.68. The summed E-state index contributed by atoms with van der Waals surface area (Å²) in [7, 11) is 0. The van der Waals surface area contributed by atoms with E-state index in [0.29, 0.717) is 16.9 Å². The number of ketones is 1. The van der Waals surface area contributed by atoms with Crippen LogP contribution in [-0.4, -0.2) is 29.8 Å². The Balaban J connectivity index is 2.12. The first-order chi connectivity index (χ1) is 11.0. The van der Waals surface area contributed by atoms with Crippen LogP contribution in [0.2, 0.25) is 0 Å². The number of nitrogens with one attached hydrogen (secondary N) is 1. The molecule has 1 amide bonds. The van der Waals surface area contributed by atoms with Gasteiger partial charge in [0.1, 0.15) is 5.69 Å². The fourth-order valence-electron chi connectivity index (χ4n) is 2.31. The number of nitrogens with zero attached hydrogens (tertiary/aromatic N) is 2. The van der Waals surface area contributed by atoms with E-state index in [1.165, 1.54) is 6.92 Å². The highest BCUT2D eigenvalue weighted by atomic mass is 16.2. The van der Waals surface area contributed by atoms with E-state index < -0.39 is 0 Å². The quantitative estimate of drug-likeness (QED) is 0.831. The number of rotatable bonds is 6. The molecule has 1 N–H and O–H groups in total. The molecule has 0 aliphatic heterocycles. The molecule has 0 saturated heterocycles. The van der Waals surface area contributed by atoms with Gasteiger partial charge >= 0.3 is 0 Å². The lowest BCUT2D eigenvalue weighted by Crippen LogP contribution is -2.22. The highest BCUT2D eigenvalue weighted by molar-refractivity contribution is 6.04. The van der Waals surface area contributed by atoms with Crippen LogP contribution >= 0.6 is 0 Å². The van der Waals surface area contributed by atoms with Gasteiger partial charge < -0.3 is 10.2 Å². The van der Waals surface area contributed by atoms with Gasteiger partial charge in [-0.15, -0.1) is 0 Å². The van der Waals surface area contributed by atoms with Crippen LogP contribution in [0, 0.1) is 0 Å². The number of benzene rings is 1. The van der Waals surface area contributed by atoms with Crippen LogP contribution in [0.15, 0.2) is 42.6 Å². The molecule has 0 aliphatic rings. The zero-order chi connectivity index (χ0) is 16.8. The van der Waals surface area contributed by atoms with Gasteiger partial charge in [0.15, 0.2) is 5.78 Å². The Morgan fingerprint density at radius 2 is 1.87 bits per heavy atom. The summed E-state index contributed by atoms with van der Waals surface area (Å²) in [4.78, 5) is 30.0. The van der Waals surface area contributed by atoms with Gasteiger partial charge in [0.25, 0.3) is 5.91 Å². The minimum atomic E-state index is -0.295. The van der Waals surface area contributed by atoms with Crippen molar-refractivity contribution in [3.8, 4) is 0 Å². The predicted molar refractivity (Wildman–Crippen MR) is 92.2 cm³/mol. The number of hydrogen-bond acceptors (Lipinski definition) is 4. The molecule has 5 heteroatoms. The summed E-state index contributed by atoms with van der Waals surface area (Å²) in [5.41, 5.74) is 2.48. The second kappa shape index (κ2) is 7.54. The lowest BCUT2D eigenvalue weighted by molar-refractivity contribution is 0.100. The summed E-state index contributed by atoms with van der Waals surface area (Å²) in [6.45, 7) is 7.43. The van der Waals surface area contributed by atoms with Gasteiger partial charge in [-0.2, -0.15) is 0 Å². The summed E-state index contributed by atoms with van der Waals surface area (Å²) in [5, 5.41) is 2.76. The summed E-state index contributed by atoms with van der Waals surface area (Å²) < 4.78 is 0. The van der Waals surface area contributed by atoms with Crippen molar-refractivity contribution in [2.24, 2.45) is 0 Å². The topological polar surface area (TPSA) is 62.3 Å². The zero-order valence-electron chi connectivity index (χ0n) is 13.7. The van der Waals surface area contributed by atoms with Crippen molar-refractivity contribution in [1.82, 2.24) is 4.98 Å². The van der Waals surface area contributed by atoms with Crippen molar-refractivity contribution >= 4 is 23.1 Å². The number of pyridine rings is 1. The highest BCUT2D eigenvalue weighted by Gasteiger charge is 2.10. The van der Waals surface area contributed by atoms with Gasteiger partial charge in [-0.1, -0.05) is 12.1 Å². The number of aromatic nitrogens is 1. The second-order valence-corrected chi connectivity index (χ2v) is 5.17. The number of carbonyl (C=O) groups is 2. The summed E-state index contributed by atoms with van der Waals surface area (Å²) in [6, 6.07) is 10.5. The zero-order valence-corrected chi connectivity index (χ0v) is 13.7. The van der Waals surface area contributed by atoms with Crippen molar-refractivity contribution in [2.45, 2.75) is 20.8 Å². The molecule has 2 aromatic rings. The minimum absolute atomic E-state index is 0.0391. The Hall–Kier alpha value is -2.69.